The lowest BCUT2D eigenvalue weighted by atomic mass is 10.4. The van der Waals surface area contributed by atoms with E-state index in [-0.39, 0.29) is 0 Å². The summed E-state index contributed by atoms with van der Waals surface area (Å²) in [6.07, 6.45) is 0. The van der Waals surface area contributed by atoms with Crippen molar-refractivity contribution in [2.45, 2.75) is 11.0 Å². The molecule has 3 N–H and O–H groups in total. The molecular weight excluding hydrogens is 234 g/mol. The van der Waals surface area contributed by atoms with Gasteiger partial charge in [0.05, 0.1) is 29.2 Å². The van der Waals surface area contributed by atoms with Crippen LogP contribution in [0.3, 0.4) is 0 Å². The average molecular weight is 246 g/mol. The number of hydrogen-bond acceptors (Lipinski definition) is 5. The van der Waals surface area contributed by atoms with Crippen LogP contribution in [0.5, 0.6) is 0 Å². The van der Waals surface area contributed by atoms with E-state index in [1.807, 2.05) is 11.8 Å². The van der Waals surface area contributed by atoms with E-state index < -0.39 is 0 Å². The first kappa shape index (κ1) is 11.0. The SMILES string of the molecule is NNc1ccc(Cl)c(CSC2COC2)n1. The number of halogens is 1. The number of anilines is 1. The van der Waals surface area contributed by atoms with Gasteiger partial charge in [-0.2, -0.15) is 0 Å². The van der Waals surface area contributed by atoms with E-state index in [9.17, 15) is 0 Å². The number of pyridine rings is 1. The normalized spacial score (nSPS) is 16.1. The van der Waals surface area contributed by atoms with Crippen molar-refractivity contribution in [2.75, 3.05) is 18.6 Å². The third-order valence-corrected chi connectivity index (χ3v) is 3.66. The molecule has 1 fully saturated rings. The highest BCUT2D eigenvalue weighted by atomic mass is 35.5. The standard InChI is InChI=1S/C9H12ClN3OS/c10-7-1-2-9(13-11)12-8(7)5-15-6-3-14-4-6/h1-2,6H,3-5,11H2,(H,12,13). The highest BCUT2D eigenvalue weighted by Gasteiger charge is 2.19. The lowest BCUT2D eigenvalue weighted by Crippen LogP contribution is -2.30. The fourth-order valence-electron chi connectivity index (χ4n) is 1.17. The largest absolute Gasteiger partial charge is 0.379 e. The zero-order chi connectivity index (χ0) is 10.7. The molecule has 6 heteroatoms. The Balaban J connectivity index is 1.98. The number of hydrogen-bond donors (Lipinski definition) is 2. The Bertz CT molecular complexity index is 346. The summed E-state index contributed by atoms with van der Waals surface area (Å²) in [7, 11) is 0. The summed E-state index contributed by atoms with van der Waals surface area (Å²) in [5, 5.41) is 1.26. The Morgan fingerprint density at radius 1 is 1.60 bits per heavy atom. The van der Waals surface area contributed by atoms with Gasteiger partial charge in [-0.15, -0.1) is 11.8 Å². The topological polar surface area (TPSA) is 60.2 Å². The van der Waals surface area contributed by atoms with Crippen LogP contribution in [0.1, 0.15) is 5.69 Å². The molecule has 0 aromatic carbocycles. The van der Waals surface area contributed by atoms with Gasteiger partial charge in [-0.1, -0.05) is 11.6 Å². The zero-order valence-corrected chi connectivity index (χ0v) is 9.64. The lowest BCUT2D eigenvalue weighted by molar-refractivity contribution is 0.0455. The highest BCUT2D eigenvalue weighted by Crippen LogP contribution is 2.26. The molecule has 1 saturated heterocycles. The molecule has 0 aliphatic carbocycles. The summed E-state index contributed by atoms with van der Waals surface area (Å²) >= 11 is 7.83. The molecule has 0 atom stereocenters. The molecule has 1 aromatic rings. The maximum Gasteiger partial charge on any atom is 0.140 e. The van der Waals surface area contributed by atoms with Crippen LogP contribution in [0, 0.1) is 0 Å². The minimum absolute atomic E-state index is 0.581. The van der Waals surface area contributed by atoms with Crippen molar-refractivity contribution < 1.29 is 4.74 Å². The van der Waals surface area contributed by atoms with Crippen LogP contribution in [-0.2, 0) is 10.5 Å². The van der Waals surface area contributed by atoms with Crippen LogP contribution in [0.4, 0.5) is 5.82 Å². The van der Waals surface area contributed by atoms with Crippen molar-refractivity contribution in [2.24, 2.45) is 5.84 Å². The van der Waals surface area contributed by atoms with Gasteiger partial charge in [-0.05, 0) is 12.1 Å². The monoisotopic (exact) mass is 245 g/mol. The number of aromatic nitrogens is 1. The third kappa shape index (κ3) is 2.75. The molecule has 1 aliphatic rings. The average Bonchev–Trinajstić information content (AvgIpc) is 2.18. The van der Waals surface area contributed by atoms with E-state index in [0.717, 1.165) is 24.7 Å². The third-order valence-electron chi connectivity index (χ3n) is 2.13. The number of hydrazine groups is 1. The number of ether oxygens (including phenoxy) is 1. The molecule has 2 heterocycles. The van der Waals surface area contributed by atoms with Gasteiger partial charge < -0.3 is 10.2 Å². The summed E-state index contributed by atoms with van der Waals surface area (Å²) in [6.45, 7) is 1.66. The Labute approximate surface area is 97.5 Å². The second-order valence-electron chi connectivity index (χ2n) is 3.24. The summed E-state index contributed by atoms with van der Waals surface area (Å²) in [4.78, 5) is 4.29. The molecule has 0 radical (unpaired) electrons. The summed E-state index contributed by atoms with van der Waals surface area (Å²) in [5.74, 6) is 6.71. The molecule has 0 bridgehead atoms. The highest BCUT2D eigenvalue weighted by molar-refractivity contribution is 7.99. The van der Waals surface area contributed by atoms with Crippen molar-refractivity contribution in [3.8, 4) is 0 Å². The zero-order valence-electron chi connectivity index (χ0n) is 8.07. The molecule has 4 nitrogen and oxygen atoms in total. The summed E-state index contributed by atoms with van der Waals surface area (Å²) in [6, 6.07) is 3.56. The Morgan fingerprint density at radius 2 is 2.40 bits per heavy atom. The number of nitrogens with two attached hydrogens (primary N) is 1. The molecular formula is C9H12ClN3OS. The molecule has 1 aliphatic heterocycles. The first-order valence-electron chi connectivity index (χ1n) is 4.61. The summed E-state index contributed by atoms with van der Waals surface area (Å²) < 4.78 is 5.09. The predicted molar refractivity (Wildman–Crippen MR) is 63.0 cm³/mol. The van der Waals surface area contributed by atoms with Gasteiger partial charge in [-0.3, -0.25) is 0 Å². The number of rotatable bonds is 4. The molecule has 2 rings (SSSR count). The second-order valence-corrected chi connectivity index (χ2v) is 4.94. The minimum atomic E-state index is 0.581. The van der Waals surface area contributed by atoms with Gasteiger partial charge in [0.2, 0.25) is 0 Å². The van der Waals surface area contributed by atoms with Crippen LogP contribution in [0.25, 0.3) is 0 Å². The first-order valence-corrected chi connectivity index (χ1v) is 6.03. The van der Waals surface area contributed by atoms with Crippen LogP contribution < -0.4 is 11.3 Å². The van der Waals surface area contributed by atoms with Gasteiger partial charge in [0, 0.05) is 5.75 Å². The summed E-state index contributed by atoms with van der Waals surface area (Å²) in [5.41, 5.74) is 3.37. The quantitative estimate of drug-likeness (QED) is 0.624. The van der Waals surface area contributed by atoms with Crippen LogP contribution in [0.2, 0.25) is 5.02 Å². The van der Waals surface area contributed by atoms with Gasteiger partial charge in [0.15, 0.2) is 0 Å². The van der Waals surface area contributed by atoms with E-state index in [2.05, 4.69) is 10.4 Å². The molecule has 0 saturated carbocycles. The lowest BCUT2D eigenvalue weighted by Gasteiger charge is -2.25. The van der Waals surface area contributed by atoms with E-state index >= 15 is 0 Å². The van der Waals surface area contributed by atoms with Gasteiger partial charge in [0.25, 0.3) is 0 Å². The van der Waals surface area contributed by atoms with E-state index in [1.165, 1.54) is 0 Å². The van der Waals surface area contributed by atoms with Crippen LogP contribution >= 0.6 is 23.4 Å². The molecule has 0 unspecified atom stereocenters. The van der Waals surface area contributed by atoms with Crippen molar-refractivity contribution in [3.63, 3.8) is 0 Å². The van der Waals surface area contributed by atoms with Crippen LogP contribution in [-0.4, -0.2) is 23.4 Å². The molecule has 0 amide bonds. The maximum atomic E-state index is 6.02. The van der Waals surface area contributed by atoms with Crippen molar-refractivity contribution in [1.82, 2.24) is 4.98 Å². The minimum Gasteiger partial charge on any atom is -0.379 e. The number of nitrogen functional groups attached to an aromatic ring is 1. The van der Waals surface area contributed by atoms with Gasteiger partial charge in [-0.25, -0.2) is 10.8 Å². The Kier molecular flexibility index (Phi) is 3.69. The fourth-order valence-corrected chi connectivity index (χ4v) is 2.42. The predicted octanol–water partition coefficient (Wildman–Crippen LogP) is 1.65. The number of nitrogens with zero attached hydrogens (tertiary/aromatic N) is 1. The Hall–Kier alpha value is -0.490. The Morgan fingerprint density at radius 3 is 3.00 bits per heavy atom. The van der Waals surface area contributed by atoms with Crippen molar-refractivity contribution in [1.29, 1.82) is 0 Å². The van der Waals surface area contributed by atoms with Gasteiger partial charge >= 0.3 is 0 Å². The molecule has 1 aromatic heterocycles. The first-order chi connectivity index (χ1) is 7.29. The molecule has 82 valence electrons. The van der Waals surface area contributed by atoms with Crippen molar-refractivity contribution >= 4 is 29.2 Å². The number of nitrogens with one attached hydrogen (secondary N) is 1. The fraction of sp³-hybridized carbons (Fsp3) is 0.444. The number of thioether (sulfide) groups is 1. The van der Waals surface area contributed by atoms with E-state index in [1.54, 1.807) is 12.1 Å². The second kappa shape index (κ2) is 5.03. The molecule has 0 spiro atoms. The van der Waals surface area contributed by atoms with Crippen molar-refractivity contribution in [3.05, 3.63) is 22.8 Å². The molecule has 15 heavy (non-hydrogen) atoms. The van der Waals surface area contributed by atoms with E-state index in [0.29, 0.717) is 16.1 Å². The van der Waals surface area contributed by atoms with E-state index in [4.69, 9.17) is 22.2 Å². The maximum absolute atomic E-state index is 6.02. The van der Waals surface area contributed by atoms with Crippen LogP contribution in [0.15, 0.2) is 12.1 Å². The van der Waals surface area contributed by atoms with Gasteiger partial charge in [0.1, 0.15) is 5.82 Å². The smallest absolute Gasteiger partial charge is 0.140 e.